The summed E-state index contributed by atoms with van der Waals surface area (Å²) in [6.45, 7) is 7.55. The van der Waals surface area contributed by atoms with Gasteiger partial charge in [0.15, 0.2) is 0 Å². The molecule has 0 aliphatic carbocycles. The van der Waals surface area contributed by atoms with Gasteiger partial charge in [-0.15, -0.1) is 0 Å². The third-order valence-corrected chi connectivity index (χ3v) is 3.69. The van der Waals surface area contributed by atoms with Crippen LogP contribution in [0.4, 0.5) is 4.39 Å². The Bertz CT molecular complexity index is 608. The Balaban J connectivity index is 2.28. The summed E-state index contributed by atoms with van der Waals surface area (Å²) in [6.07, 6.45) is 3.60. The zero-order valence-electron chi connectivity index (χ0n) is 13.6. The summed E-state index contributed by atoms with van der Waals surface area (Å²) in [7, 11) is 1.57. The summed E-state index contributed by atoms with van der Waals surface area (Å²) in [6, 6.07) is 8.89. The summed E-state index contributed by atoms with van der Waals surface area (Å²) in [4.78, 5) is 6.37. The maximum atomic E-state index is 14.2. The van der Waals surface area contributed by atoms with Gasteiger partial charge in [-0.3, -0.25) is 9.88 Å². The summed E-state index contributed by atoms with van der Waals surface area (Å²) in [5.41, 5.74) is 1.58. The van der Waals surface area contributed by atoms with E-state index >= 15 is 0 Å². The van der Waals surface area contributed by atoms with Gasteiger partial charge in [0, 0.05) is 36.6 Å². The van der Waals surface area contributed by atoms with Crippen LogP contribution in [0.3, 0.4) is 0 Å². The van der Waals surface area contributed by atoms with Crippen LogP contribution in [0, 0.1) is 5.82 Å². The first kappa shape index (κ1) is 16.4. The second-order valence-corrected chi connectivity index (χ2v) is 6.31. The van der Waals surface area contributed by atoms with E-state index in [0.717, 1.165) is 5.56 Å². The molecule has 4 heteroatoms. The lowest BCUT2D eigenvalue weighted by molar-refractivity contribution is 0.115. The maximum absolute atomic E-state index is 14.2. The van der Waals surface area contributed by atoms with Crippen LogP contribution >= 0.6 is 0 Å². The summed E-state index contributed by atoms with van der Waals surface area (Å²) < 4.78 is 19.5. The average molecular weight is 302 g/mol. The van der Waals surface area contributed by atoms with Crippen LogP contribution in [0.2, 0.25) is 0 Å². The molecule has 0 radical (unpaired) electrons. The van der Waals surface area contributed by atoms with Crippen LogP contribution in [0.5, 0.6) is 5.75 Å². The fourth-order valence-corrected chi connectivity index (χ4v) is 2.32. The number of hydrogen-bond donors (Lipinski definition) is 0. The van der Waals surface area contributed by atoms with Crippen LogP contribution in [0.1, 0.15) is 31.9 Å². The minimum absolute atomic E-state index is 0.108. The minimum atomic E-state index is -0.236. The Hall–Kier alpha value is -1.94. The third kappa shape index (κ3) is 4.04. The van der Waals surface area contributed by atoms with Crippen LogP contribution in [-0.4, -0.2) is 22.5 Å². The van der Waals surface area contributed by atoms with Gasteiger partial charge in [-0.25, -0.2) is 4.39 Å². The third-order valence-electron chi connectivity index (χ3n) is 3.69. The van der Waals surface area contributed by atoms with E-state index in [2.05, 4.69) is 30.7 Å². The van der Waals surface area contributed by atoms with Crippen LogP contribution in [0.25, 0.3) is 0 Å². The molecule has 1 heterocycles. The monoisotopic (exact) mass is 302 g/mol. The second kappa shape index (κ2) is 6.88. The highest BCUT2D eigenvalue weighted by Gasteiger charge is 2.24. The standard InChI is InChI=1S/C18H23FN2O/c1-18(2,3)21(12-14-7-6-10-20-11-14)13-15-16(19)8-5-9-17(15)22-4/h5-11H,12-13H2,1-4H3. The summed E-state index contributed by atoms with van der Waals surface area (Å²) in [5, 5.41) is 0. The van der Waals surface area contributed by atoms with Crippen molar-refractivity contribution in [1.29, 1.82) is 0 Å². The molecule has 0 aliphatic rings. The van der Waals surface area contributed by atoms with Gasteiger partial charge in [0.05, 0.1) is 7.11 Å². The van der Waals surface area contributed by atoms with Crippen molar-refractivity contribution in [3.63, 3.8) is 0 Å². The lowest BCUT2D eigenvalue weighted by atomic mass is 10.0. The number of nitrogens with zero attached hydrogens (tertiary/aromatic N) is 2. The van der Waals surface area contributed by atoms with E-state index in [4.69, 9.17) is 4.74 Å². The molecule has 22 heavy (non-hydrogen) atoms. The van der Waals surface area contributed by atoms with Gasteiger partial charge in [0.25, 0.3) is 0 Å². The molecule has 0 spiro atoms. The highest BCUT2D eigenvalue weighted by molar-refractivity contribution is 5.34. The van der Waals surface area contributed by atoms with Crippen LogP contribution < -0.4 is 4.74 Å². The highest BCUT2D eigenvalue weighted by atomic mass is 19.1. The van der Waals surface area contributed by atoms with Gasteiger partial charge >= 0.3 is 0 Å². The van der Waals surface area contributed by atoms with Gasteiger partial charge < -0.3 is 4.74 Å². The molecule has 2 rings (SSSR count). The molecule has 0 bridgehead atoms. The maximum Gasteiger partial charge on any atom is 0.131 e. The fourth-order valence-electron chi connectivity index (χ4n) is 2.32. The molecule has 0 fully saturated rings. The molecule has 0 saturated heterocycles. The molecular weight excluding hydrogens is 279 g/mol. The number of ether oxygens (including phenoxy) is 1. The molecule has 2 aromatic rings. The molecule has 0 aliphatic heterocycles. The van der Waals surface area contributed by atoms with Gasteiger partial charge in [-0.2, -0.15) is 0 Å². The van der Waals surface area contributed by atoms with E-state index in [1.54, 1.807) is 25.4 Å². The van der Waals surface area contributed by atoms with Gasteiger partial charge in [0.2, 0.25) is 0 Å². The lowest BCUT2D eigenvalue weighted by Gasteiger charge is -2.36. The Morgan fingerprint density at radius 2 is 1.91 bits per heavy atom. The Kier molecular flexibility index (Phi) is 5.14. The molecule has 0 N–H and O–H groups in total. The van der Waals surface area contributed by atoms with E-state index in [1.807, 2.05) is 18.3 Å². The molecule has 118 valence electrons. The first-order valence-electron chi connectivity index (χ1n) is 7.37. The van der Waals surface area contributed by atoms with Crippen molar-refractivity contribution in [2.45, 2.75) is 39.4 Å². The van der Waals surface area contributed by atoms with Gasteiger partial charge in [-0.1, -0.05) is 12.1 Å². The molecule has 0 unspecified atom stereocenters. The van der Waals surface area contributed by atoms with Crippen molar-refractivity contribution < 1.29 is 9.13 Å². The molecule has 0 atom stereocenters. The molecule has 1 aromatic heterocycles. The average Bonchev–Trinajstić information content (AvgIpc) is 2.48. The van der Waals surface area contributed by atoms with Gasteiger partial charge in [-0.05, 0) is 44.5 Å². The van der Waals surface area contributed by atoms with E-state index in [1.165, 1.54) is 6.07 Å². The van der Waals surface area contributed by atoms with Crippen LogP contribution in [-0.2, 0) is 13.1 Å². The number of pyridine rings is 1. The van der Waals surface area contributed by atoms with E-state index < -0.39 is 0 Å². The molecule has 0 amide bonds. The quantitative estimate of drug-likeness (QED) is 0.834. The zero-order chi connectivity index (χ0) is 16.2. The smallest absolute Gasteiger partial charge is 0.131 e. The zero-order valence-corrected chi connectivity index (χ0v) is 13.6. The fraction of sp³-hybridized carbons (Fsp3) is 0.389. The first-order chi connectivity index (χ1) is 10.4. The predicted octanol–water partition coefficient (Wildman–Crippen LogP) is 4.03. The lowest BCUT2D eigenvalue weighted by Crippen LogP contribution is -2.40. The first-order valence-corrected chi connectivity index (χ1v) is 7.37. The Labute approximate surface area is 131 Å². The minimum Gasteiger partial charge on any atom is -0.496 e. The normalized spacial score (nSPS) is 11.7. The Morgan fingerprint density at radius 3 is 2.50 bits per heavy atom. The number of methoxy groups -OCH3 is 1. The van der Waals surface area contributed by atoms with E-state index in [0.29, 0.717) is 24.4 Å². The number of benzene rings is 1. The van der Waals surface area contributed by atoms with Gasteiger partial charge in [0.1, 0.15) is 11.6 Å². The number of rotatable bonds is 5. The van der Waals surface area contributed by atoms with E-state index in [-0.39, 0.29) is 11.4 Å². The SMILES string of the molecule is COc1cccc(F)c1CN(Cc1cccnc1)C(C)(C)C. The molecule has 1 aromatic carbocycles. The predicted molar refractivity (Wildman–Crippen MR) is 86.2 cm³/mol. The number of aromatic nitrogens is 1. The highest BCUT2D eigenvalue weighted by Crippen LogP contribution is 2.27. The van der Waals surface area contributed by atoms with Crippen molar-refractivity contribution in [2.24, 2.45) is 0 Å². The molecule has 0 saturated carbocycles. The van der Waals surface area contributed by atoms with E-state index in [9.17, 15) is 4.39 Å². The summed E-state index contributed by atoms with van der Waals surface area (Å²) >= 11 is 0. The summed E-state index contributed by atoms with van der Waals surface area (Å²) in [5.74, 6) is 0.347. The Morgan fingerprint density at radius 1 is 1.14 bits per heavy atom. The number of halogens is 1. The molecule has 3 nitrogen and oxygen atoms in total. The topological polar surface area (TPSA) is 25.4 Å². The number of hydrogen-bond acceptors (Lipinski definition) is 3. The van der Waals surface area contributed by atoms with Crippen molar-refractivity contribution in [1.82, 2.24) is 9.88 Å². The van der Waals surface area contributed by atoms with Crippen molar-refractivity contribution in [3.05, 3.63) is 59.7 Å². The second-order valence-electron chi connectivity index (χ2n) is 6.31. The molecular formula is C18H23FN2O. The van der Waals surface area contributed by atoms with Crippen LogP contribution in [0.15, 0.2) is 42.7 Å². The van der Waals surface area contributed by atoms with Crippen molar-refractivity contribution in [2.75, 3.05) is 7.11 Å². The van der Waals surface area contributed by atoms with Crippen molar-refractivity contribution >= 4 is 0 Å². The van der Waals surface area contributed by atoms with Crippen molar-refractivity contribution in [3.8, 4) is 5.75 Å². The largest absolute Gasteiger partial charge is 0.496 e.